The van der Waals surface area contributed by atoms with Gasteiger partial charge in [0.25, 0.3) is 0 Å². The molecule has 0 saturated heterocycles. The van der Waals surface area contributed by atoms with Gasteiger partial charge in [-0.05, 0) is 19.4 Å². The summed E-state index contributed by atoms with van der Waals surface area (Å²) in [6, 6.07) is 10.1. The fourth-order valence-corrected chi connectivity index (χ4v) is 1.21. The van der Waals surface area contributed by atoms with Gasteiger partial charge in [-0.15, -0.1) is 0 Å². The monoisotopic (exact) mass is 175 g/mol. The van der Waals surface area contributed by atoms with Crippen LogP contribution in [0.4, 0.5) is 0 Å². The molecule has 0 fully saturated rings. The van der Waals surface area contributed by atoms with Gasteiger partial charge in [0.15, 0.2) is 0 Å². The molecule has 1 radical (unpaired) electrons. The molecule has 0 heterocycles. The zero-order valence-electron chi connectivity index (χ0n) is 7.94. The first-order valence-corrected chi connectivity index (χ1v) is 4.47. The molecule has 13 heavy (non-hydrogen) atoms. The van der Waals surface area contributed by atoms with Crippen LogP contribution in [0.5, 0.6) is 0 Å². The van der Waals surface area contributed by atoms with E-state index in [0.717, 1.165) is 0 Å². The minimum absolute atomic E-state index is 0.0451. The van der Waals surface area contributed by atoms with Crippen molar-refractivity contribution in [2.45, 2.75) is 13.0 Å². The molecule has 1 aromatic rings. The maximum absolute atomic E-state index is 5.47. The quantitative estimate of drug-likeness (QED) is 0.639. The number of hydrogen-bond acceptors (Lipinski definition) is 1. The van der Waals surface area contributed by atoms with Crippen LogP contribution in [-0.4, -0.2) is 6.61 Å². The van der Waals surface area contributed by atoms with Crippen molar-refractivity contribution in [3.63, 3.8) is 0 Å². The predicted molar refractivity (Wildman–Crippen MR) is 55.3 cm³/mol. The molecule has 1 atom stereocenters. The molecule has 1 aromatic carbocycles. The Morgan fingerprint density at radius 2 is 2.08 bits per heavy atom. The van der Waals surface area contributed by atoms with E-state index >= 15 is 0 Å². The van der Waals surface area contributed by atoms with Gasteiger partial charge in [0.05, 0.1) is 0 Å². The highest BCUT2D eigenvalue weighted by atomic mass is 16.5. The minimum atomic E-state index is 0.0451. The summed E-state index contributed by atoms with van der Waals surface area (Å²) in [6.07, 6.45) is 4.07. The SMILES string of the molecule is [CH2]COC(C=CC)c1ccccc1. The molecule has 0 aliphatic heterocycles. The summed E-state index contributed by atoms with van der Waals surface area (Å²) in [7, 11) is 0. The van der Waals surface area contributed by atoms with E-state index in [9.17, 15) is 0 Å². The van der Waals surface area contributed by atoms with Gasteiger partial charge in [-0.3, -0.25) is 0 Å². The van der Waals surface area contributed by atoms with Gasteiger partial charge in [-0.2, -0.15) is 0 Å². The van der Waals surface area contributed by atoms with Crippen molar-refractivity contribution in [3.8, 4) is 0 Å². The van der Waals surface area contributed by atoms with Crippen molar-refractivity contribution in [1.82, 2.24) is 0 Å². The lowest BCUT2D eigenvalue weighted by Gasteiger charge is -2.12. The predicted octanol–water partition coefficient (Wildman–Crippen LogP) is 3.15. The van der Waals surface area contributed by atoms with Gasteiger partial charge in [-0.25, -0.2) is 0 Å². The number of rotatable bonds is 4. The van der Waals surface area contributed by atoms with E-state index in [1.165, 1.54) is 5.56 Å². The van der Waals surface area contributed by atoms with Crippen LogP contribution in [0.15, 0.2) is 42.5 Å². The first-order chi connectivity index (χ1) is 6.38. The Morgan fingerprint density at radius 1 is 1.38 bits per heavy atom. The summed E-state index contributed by atoms with van der Waals surface area (Å²) in [5.74, 6) is 0. The molecule has 0 aliphatic carbocycles. The van der Waals surface area contributed by atoms with E-state index in [1.807, 2.05) is 37.3 Å². The number of ether oxygens (including phenoxy) is 1. The third kappa shape index (κ3) is 3.03. The molecular weight excluding hydrogens is 160 g/mol. The molecule has 0 spiro atoms. The standard InChI is InChI=1S/C12H15O/c1-3-8-12(13-4-2)11-9-6-5-7-10-11/h3,5-10,12H,2,4H2,1H3. The van der Waals surface area contributed by atoms with E-state index < -0.39 is 0 Å². The summed E-state index contributed by atoms with van der Waals surface area (Å²) in [5, 5.41) is 0. The van der Waals surface area contributed by atoms with Crippen molar-refractivity contribution < 1.29 is 4.74 Å². The van der Waals surface area contributed by atoms with Crippen molar-refractivity contribution in [3.05, 3.63) is 55.0 Å². The average molecular weight is 175 g/mol. The summed E-state index contributed by atoms with van der Waals surface area (Å²) < 4.78 is 5.47. The van der Waals surface area contributed by atoms with E-state index in [1.54, 1.807) is 0 Å². The van der Waals surface area contributed by atoms with E-state index in [0.29, 0.717) is 6.61 Å². The van der Waals surface area contributed by atoms with Crippen LogP contribution in [0.25, 0.3) is 0 Å². The van der Waals surface area contributed by atoms with Gasteiger partial charge in [0.2, 0.25) is 0 Å². The Hall–Kier alpha value is -1.08. The molecule has 0 aromatic heterocycles. The number of hydrogen-bond donors (Lipinski definition) is 0. The Morgan fingerprint density at radius 3 is 2.62 bits per heavy atom. The lowest BCUT2D eigenvalue weighted by molar-refractivity contribution is 0.109. The third-order valence-corrected chi connectivity index (χ3v) is 1.79. The lowest BCUT2D eigenvalue weighted by atomic mass is 10.1. The topological polar surface area (TPSA) is 9.23 Å². The van der Waals surface area contributed by atoms with E-state index in [4.69, 9.17) is 4.74 Å². The summed E-state index contributed by atoms with van der Waals surface area (Å²) in [6.45, 7) is 6.16. The molecular formula is C12H15O. The van der Waals surface area contributed by atoms with Crippen molar-refractivity contribution in [2.24, 2.45) is 0 Å². The zero-order chi connectivity index (χ0) is 9.52. The highest BCUT2D eigenvalue weighted by Gasteiger charge is 2.04. The van der Waals surface area contributed by atoms with Crippen LogP contribution in [0, 0.1) is 6.92 Å². The fourth-order valence-electron chi connectivity index (χ4n) is 1.21. The van der Waals surface area contributed by atoms with Crippen molar-refractivity contribution in [2.75, 3.05) is 6.61 Å². The second-order valence-corrected chi connectivity index (χ2v) is 2.73. The normalized spacial score (nSPS) is 13.4. The van der Waals surface area contributed by atoms with E-state index in [-0.39, 0.29) is 6.10 Å². The molecule has 0 bridgehead atoms. The van der Waals surface area contributed by atoms with Crippen LogP contribution in [-0.2, 0) is 4.74 Å². The molecule has 0 amide bonds. The number of benzene rings is 1. The maximum Gasteiger partial charge on any atom is 0.101 e. The average Bonchev–Trinajstić information content (AvgIpc) is 2.19. The fraction of sp³-hybridized carbons (Fsp3) is 0.250. The van der Waals surface area contributed by atoms with Gasteiger partial charge in [-0.1, -0.05) is 42.5 Å². The summed E-state index contributed by atoms with van der Waals surface area (Å²) >= 11 is 0. The van der Waals surface area contributed by atoms with Gasteiger partial charge in [0.1, 0.15) is 6.10 Å². The van der Waals surface area contributed by atoms with Crippen LogP contribution >= 0.6 is 0 Å². The van der Waals surface area contributed by atoms with Crippen LogP contribution in [0.1, 0.15) is 18.6 Å². The first-order valence-electron chi connectivity index (χ1n) is 4.47. The smallest absolute Gasteiger partial charge is 0.101 e. The van der Waals surface area contributed by atoms with Gasteiger partial charge in [0, 0.05) is 6.61 Å². The molecule has 0 aliphatic rings. The summed E-state index contributed by atoms with van der Waals surface area (Å²) in [5.41, 5.74) is 1.17. The molecule has 1 nitrogen and oxygen atoms in total. The Bertz CT molecular complexity index is 251. The van der Waals surface area contributed by atoms with E-state index in [2.05, 4.69) is 19.1 Å². The highest BCUT2D eigenvalue weighted by molar-refractivity contribution is 5.21. The molecule has 1 unspecified atom stereocenters. The van der Waals surface area contributed by atoms with Crippen molar-refractivity contribution in [1.29, 1.82) is 0 Å². The van der Waals surface area contributed by atoms with Crippen LogP contribution in [0.2, 0.25) is 0 Å². The molecule has 69 valence electrons. The summed E-state index contributed by atoms with van der Waals surface area (Å²) in [4.78, 5) is 0. The molecule has 1 heteroatoms. The van der Waals surface area contributed by atoms with Gasteiger partial charge >= 0.3 is 0 Å². The first kappa shape index (κ1) is 10.0. The third-order valence-electron chi connectivity index (χ3n) is 1.79. The highest BCUT2D eigenvalue weighted by Crippen LogP contribution is 2.17. The second-order valence-electron chi connectivity index (χ2n) is 2.73. The Balaban J connectivity index is 2.76. The maximum atomic E-state index is 5.47. The number of allylic oxidation sites excluding steroid dienone is 1. The van der Waals surface area contributed by atoms with Crippen LogP contribution < -0.4 is 0 Å². The molecule has 0 saturated carbocycles. The lowest BCUT2D eigenvalue weighted by Crippen LogP contribution is -2.00. The largest absolute Gasteiger partial charge is 0.369 e. The van der Waals surface area contributed by atoms with Crippen LogP contribution in [0.3, 0.4) is 0 Å². The zero-order valence-corrected chi connectivity index (χ0v) is 7.94. The van der Waals surface area contributed by atoms with Crippen molar-refractivity contribution >= 4 is 0 Å². The second kappa shape index (κ2) is 5.55. The molecule has 0 N–H and O–H groups in total. The Kier molecular flexibility index (Phi) is 4.27. The van der Waals surface area contributed by atoms with Gasteiger partial charge < -0.3 is 4.74 Å². The molecule has 1 rings (SSSR count). The Labute approximate surface area is 80.0 Å². The minimum Gasteiger partial charge on any atom is -0.369 e.